The maximum Gasteiger partial charge on any atom is 0.233 e. The zero-order chi connectivity index (χ0) is 21.6. The normalized spacial score (nSPS) is 11.0. The van der Waals surface area contributed by atoms with Gasteiger partial charge in [-0.15, -0.1) is 11.8 Å². The molecule has 0 atom stereocenters. The van der Waals surface area contributed by atoms with Crippen molar-refractivity contribution >= 4 is 44.4 Å². The van der Waals surface area contributed by atoms with Crippen LogP contribution in [-0.4, -0.2) is 40.4 Å². The Bertz CT molecular complexity index is 1140. The molecule has 6 nitrogen and oxygen atoms in total. The summed E-state index contributed by atoms with van der Waals surface area (Å²) in [5.41, 5.74) is 1.88. The second-order valence-electron chi connectivity index (χ2n) is 7.05. The van der Waals surface area contributed by atoms with Crippen molar-refractivity contribution in [2.24, 2.45) is 0 Å². The smallest absolute Gasteiger partial charge is 0.233 e. The summed E-state index contributed by atoms with van der Waals surface area (Å²) in [5, 5.41) is 0.722. The number of fused-ring (bicyclic) bond motifs is 1. The summed E-state index contributed by atoms with van der Waals surface area (Å²) in [4.78, 5) is 25.1. The van der Waals surface area contributed by atoms with Crippen molar-refractivity contribution in [3.05, 3.63) is 66.7 Å². The van der Waals surface area contributed by atoms with E-state index in [-0.39, 0.29) is 5.91 Å². The minimum Gasteiger partial charge on any atom is -0.497 e. The van der Waals surface area contributed by atoms with Gasteiger partial charge in [0.25, 0.3) is 0 Å². The minimum atomic E-state index is 0.0496. The average molecular weight is 453 g/mol. The molecular formula is C23H24N4O2S2. The van der Waals surface area contributed by atoms with Gasteiger partial charge in [0.05, 0.1) is 30.1 Å². The lowest BCUT2D eigenvalue weighted by Crippen LogP contribution is -2.33. The highest BCUT2D eigenvalue weighted by Crippen LogP contribution is 2.32. The number of methoxy groups -OCH3 is 1. The highest BCUT2D eigenvalue weighted by Gasteiger charge is 2.20. The number of amides is 1. The van der Waals surface area contributed by atoms with Gasteiger partial charge in [-0.1, -0.05) is 23.5 Å². The first-order valence-electron chi connectivity index (χ1n) is 10.00. The predicted octanol–water partition coefficient (Wildman–Crippen LogP) is 4.89. The predicted molar refractivity (Wildman–Crippen MR) is 127 cm³/mol. The molecule has 0 aliphatic heterocycles. The summed E-state index contributed by atoms with van der Waals surface area (Å²) in [6, 6.07) is 14.0. The van der Waals surface area contributed by atoms with E-state index in [0.717, 1.165) is 39.6 Å². The van der Waals surface area contributed by atoms with Gasteiger partial charge >= 0.3 is 0 Å². The SMILES string of the molecule is COc1ccc2nc(N(CCCn3ccnc3)C(=O)Cc3ccc(SC)cc3)sc2c1. The number of carbonyl (C=O) groups excluding carboxylic acids is 1. The van der Waals surface area contributed by atoms with E-state index in [2.05, 4.69) is 17.1 Å². The summed E-state index contributed by atoms with van der Waals surface area (Å²) in [6.07, 6.45) is 8.70. The standard InChI is InChI=1S/C23H24N4O2S2/c1-29-18-6-9-20-21(15-18)31-23(25-20)27(12-3-11-26-13-10-24-16-26)22(28)14-17-4-7-19(30-2)8-5-17/h4-10,13,15-16H,3,11-12,14H2,1-2H3. The lowest BCUT2D eigenvalue weighted by Gasteiger charge is -2.20. The van der Waals surface area contributed by atoms with Gasteiger partial charge in [-0.25, -0.2) is 9.97 Å². The van der Waals surface area contributed by atoms with E-state index < -0.39 is 0 Å². The largest absolute Gasteiger partial charge is 0.497 e. The van der Waals surface area contributed by atoms with Crippen LogP contribution in [0.3, 0.4) is 0 Å². The molecule has 0 aliphatic rings. The van der Waals surface area contributed by atoms with E-state index in [1.807, 2.05) is 52.3 Å². The molecule has 2 heterocycles. The van der Waals surface area contributed by atoms with Crippen LogP contribution in [0.25, 0.3) is 10.2 Å². The van der Waals surface area contributed by atoms with Crippen LogP contribution in [0.1, 0.15) is 12.0 Å². The lowest BCUT2D eigenvalue weighted by molar-refractivity contribution is -0.118. The number of benzene rings is 2. The Balaban J connectivity index is 1.55. The number of rotatable bonds is 9. The van der Waals surface area contributed by atoms with Gasteiger partial charge < -0.3 is 9.30 Å². The van der Waals surface area contributed by atoms with Crippen molar-refractivity contribution < 1.29 is 9.53 Å². The molecule has 0 bridgehead atoms. The number of nitrogens with zero attached hydrogens (tertiary/aromatic N) is 4. The van der Waals surface area contributed by atoms with E-state index in [4.69, 9.17) is 9.72 Å². The molecule has 0 spiro atoms. The fourth-order valence-corrected chi connectivity index (χ4v) is 4.75. The molecule has 0 saturated carbocycles. The second-order valence-corrected chi connectivity index (χ2v) is 8.94. The highest BCUT2D eigenvalue weighted by molar-refractivity contribution is 7.98. The fourth-order valence-electron chi connectivity index (χ4n) is 3.31. The van der Waals surface area contributed by atoms with Crippen LogP contribution in [0.15, 0.2) is 66.1 Å². The monoisotopic (exact) mass is 452 g/mol. The van der Waals surface area contributed by atoms with Gasteiger partial charge in [-0.3, -0.25) is 9.69 Å². The van der Waals surface area contributed by atoms with Crippen LogP contribution in [0, 0.1) is 0 Å². The Labute approximate surface area is 189 Å². The second kappa shape index (κ2) is 9.98. The molecule has 0 saturated heterocycles. The molecule has 0 radical (unpaired) electrons. The summed E-state index contributed by atoms with van der Waals surface area (Å²) < 4.78 is 8.36. The molecule has 0 N–H and O–H groups in total. The van der Waals surface area contributed by atoms with Gasteiger partial charge in [0.1, 0.15) is 5.75 Å². The third kappa shape index (κ3) is 5.26. The Morgan fingerprint density at radius 2 is 2.06 bits per heavy atom. The zero-order valence-corrected chi connectivity index (χ0v) is 19.2. The maximum absolute atomic E-state index is 13.3. The van der Waals surface area contributed by atoms with Crippen LogP contribution in [-0.2, 0) is 17.8 Å². The van der Waals surface area contributed by atoms with E-state index in [1.54, 1.807) is 31.4 Å². The number of hydrogen-bond acceptors (Lipinski definition) is 6. The maximum atomic E-state index is 13.3. The highest BCUT2D eigenvalue weighted by atomic mass is 32.2. The van der Waals surface area contributed by atoms with Crippen molar-refractivity contribution in [1.82, 2.24) is 14.5 Å². The van der Waals surface area contributed by atoms with E-state index in [9.17, 15) is 4.79 Å². The Morgan fingerprint density at radius 3 is 2.77 bits per heavy atom. The lowest BCUT2D eigenvalue weighted by atomic mass is 10.1. The van der Waals surface area contributed by atoms with Crippen LogP contribution in [0.4, 0.5) is 5.13 Å². The molecule has 160 valence electrons. The Morgan fingerprint density at radius 1 is 1.23 bits per heavy atom. The van der Waals surface area contributed by atoms with Crippen molar-refractivity contribution in [2.45, 2.75) is 24.3 Å². The molecular weight excluding hydrogens is 428 g/mol. The fraction of sp³-hybridized carbons (Fsp3) is 0.261. The molecule has 8 heteroatoms. The van der Waals surface area contributed by atoms with E-state index in [0.29, 0.717) is 13.0 Å². The molecule has 4 rings (SSSR count). The number of hydrogen-bond donors (Lipinski definition) is 0. The summed E-state index contributed by atoms with van der Waals surface area (Å²) in [7, 11) is 1.65. The van der Waals surface area contributed by atoms with Crippen LogP contribution in [0.2, 0.25) is 0 Å². The number of carbonyl (C=O) groups is 1. The molecule has 2 aromatic carbocycles. The molecule has 2 aromatic heterocycles. The van der Waals surface area contributed by atoms with Crippen LogP contribution in [0.5, 0.6) is 5.75 Å². The van der Waals surface area contributed by atoms with E-state index >= 15 is 0 Å². The molecule has 0 fully saturated rings. The van der Waals surface area contributed by atoms with Crippen LogP contribution < -0.4 is 9.64 Å². The number of ether oxygens (including phenoxy) is 1. The van der Waals surface area contributed by atoms with Gasteiger partial charge in [0.2, 0.25) is 5.91 Å². The van der Waals surface area contributed by atoms with Crippen molar-refractivity contribution in [1.29, 1.82) is 0 Å². The topological polar surface area (TPSA) is 60.2 Å². The third-order valence-electron chi connectivity index (χ3n) is 4.99. The quantitative estimate of drug-likeness (QED) is 0.339. The van der Waals surface area contributed by atoms with Gasteiger partial charge in [-0.2, -0.15) is 0 Å². The van der Waals surface area contributed by atoms with Crippen molar-refractivity contribution in [3.8, 4) is 5.75 Å². The number of aryl methyl sites for hydroxylation is 1. The van der Waals surface area contributed by atoms with Crippen molar-refractivity contribution in [3.63, 3.8) is 0 Å². The molecule has 1 amide bonds. The number of aromatic nitrogens is 3. The zero-order valence-electron chi connectivity index (χ0n) is 17.5. The Hall–Kier alpha value is -2.84. The minimum absolute atomic E-state index is 0.0496. The Kier molecular flexibility index (Phi) is 6.89. The first-order chi connectivity index (χ1) is 15.2. The first kappa shape index (κ1) is 21.4. The number of anilines is 1. The number of imidazole rings is 1. The van der Waals surface area contributed by atoms with Crippen LogP contribution >= 0.6 is 23.1 Å². The third-order valence-corrected chi connectivity index (χ3v) is 6.77. The van der Waals surface area contributed by atoms with Gasteiger partial charge in [0.15, 0.2) is 5.13 Å². The summed E-state index contributed by atoms with van der Waals surface area (Å²) >= 11 is 3.21. The van der Waals surface area contributed by atoms with Gasteiger partial charge in [-0.05, 0) is 48.6 Å². The van der Waals surface area contributed by atoms with Crippen molar-refractivity contribution in [2.75, 3.05) is 24.8 Å². The van der Waals surface area contributed by atoms with E-state index in [1.165, 1.54) is 16.2 Å². The molecule has 31 heavy (non-hydrogen) atoms. The number of thioether (sulfide) groups is 1. The molecule has 4 aromatic rings. The molecule has 0 aliphatic carbocycles. The first-order valence-corrected chi connectivity index (χ1v) is 12.0. The molecule has 0 unspecified atom stereocenters. The summed E-state index contributed by atoms with van der Waals surface area (Å²) in [6.45, 7) is 1.39. The average Bonchev–Trinajstić information content (AvgIpc) is 3.46. The van der Waals surface area contributed by atoms with Gasteiger partial charge in [0, 0.05) is 30.4 Å². The summed E-state index contributed by atoms with van der Waals surface area (Å²) in [5.74, 6) is 0.836. The number of thiazole rings is 1.